The molecule has 0 aliphatic heterocycles. The van der Waals surface area contributed by atoms with Gasteiger partial charge >= 0.3 is 0 Å². The molecular formula is C20H19N7O3S2. The van der Waals surface area contributed by atoms with Gasteiger partial charge in [-0.05, 0) is 32.8 Å². The van der Waals surface area contributed by atoms with Crippen LogP contribution in [0.1, 0.15) is 37.9 Å². The van der Waals surface area contributed by atoms with Gasteiger partial charge in [-0.3, -0.25) is 19.8 Å². The van der Waals surface area contributed by atoms with E-state index in [1.54, 1.807) is 31.5 Å². The second kappa shape index (κ2) is 8.25. The predicted octanol–water partition coefficient (Wildman–Crippen LogP) is 2.69. The molecule has 2 N–H and O–H groups in total. The first kappa shape index (κ1) is 21.8. The van der Waals surface area contributed by atoms with E-state index in [0.717, 1.165) is 11.3 Å². The molecular weight excluding hydrogens is 450 g/mol. The van der Waals surface area contributed by atoms with Crippen LogP contribution in [-0.4, -0.2) is 39.5 Å². The van der Waals surface area contributed by atoms with E-state index in [9.17, 15) is 13.2 Å². The van der Waals surface area contributed by atoms with Gasteiger partial charge in [0.25, 0.3) is 0 Å². The van der Waals surface area contributed by atoms with Crippen molar-refractivity contribution in [3.8, 4) is 17.2 Å². The molecule has 1 fully saturated rings. The van der Waals surface area contributed by atoms with Crippen LogP contribution >= 0.6 is 11.3 Å². The number of rotatable bonds is 7. The number of nitrogens with one attached hydrogen (secondary N) is 2. The highest BCUT2D eigenvalue weighted by atomic mass is 32.2. The second-order valence-corrected chi connectivity index (χ2v) is 10.7. The van der Waals surface area contributed by atoms with Crippen molar-refractivity contribution < 1.29 is 13.2 Å². The monoisotopic (exact) mass is 469 g/mol. The zero-order valence-electron chi connectivity index (χ0n) is 17.2. The minimum Gasteiger partial charge on any atom is -0.294 e. The largest absolute Gasteiger partial charge is 0.294 e. The lowest BCUT2D eigenvalue weighted by Gasteiger charge is -2.20. The van der Waals surface area contributed by atoms with E-state index >= 15 is 0 Å². The molecule has 1 aliphatic carbocycles. The molecule has 3 aromatic rings. The summed E-state index contributed by atoms with van der Waals surface area (Å²) < 4.78 is 26.7. The number of aromatic nitrogens is 4. The van der Waals surface area contributed by atoms with Gasteiger partial charge in [0.1, 0.15) is 6.07 Å². The molecule has 0 atom stereocenters. The quantitative estimate of drug-likeness (QED) is 0.536. The first-order chi connectivity index (χ1) is 15.2. The lowest BCUT2D eigenvalue weighted by atomic mass is 9.89. The first-order valence-corrected chi connectivity index (χ1v) is 12.1. The summed E-state index contributed by atoms with van der Waals surface area (Å²) in [6.07, 6.45) is 7.42. The highest BCUT2D eigenvalue weighted by Crippen LogP contribution is 2.33. The number of carbonyl (C=O) groups excluding carboxylic acids is 1. The Hall–Kier alpha value is -3.43. The number of anilines is 2. The Balaban J connectivity index is 1.45. The SMILES string of the molecule is CC(C)(C(=O)Nc1ncc(-c2cncc(C#N)c2)cn1)c1csc(NS(=O)(=O)C2CC2)n1. The number of hydrogen-bond donors (Lipinski definition) is 2. The maximum atomic E-state index is 12.9. The van der Waals surface area contributed by atoms with E-state index in [1.165, 1.54) is 18.6 Å². The highest BCUT2D eigenvalue weighted by Gasteiger charge is 2.37. The number of sulfonamides is 1. The highest BCUT2D eigenvalue weighted by molar-refractivity contribution is 7.93. The molecule has 3 aromatic heterocycles. The number of nitriles is 1. The van der Waals surface area contributed by atoms with E-state index in [-0.39, 0.29) is 22.2 Å². The smallest absolute Gasteiger partial charge is 0.238 e. The Labute approximate surface area is 188 Å². The Morgan fingerprint density at radius 2 is 1.91 bits per heavy atom. The molecule has 1 amide bonds. The third kappa shape index (κ3) is 4.58. The van der Waals surface area contributed by atoms with Crippen molar-refractivity contribution in [1.29, 1.82) is 5.26 Å². The van der Waals surface area contributed by atoms with Crippen molar-refractivity contribution in [2.75, 3.05) is 10.0 Å². The molecule has 0 spiro atoms. The minimum absolute atomic E-state index is 0.112. The number of thiazole rings is 1. The van der Waals surface area contributed by atoms with E-state index in [2.05, 4.69) is 30.0 Å². The fourth-order valence-electron chi connectivity index (χ4n) is 2.77. The van der Waals surface area contributed by atoms with Gasteiger partial charge < -0.3 is 0 Å². The van der Waals surface area contributed by atoms with Gasteiger partial charge in [0.05, 0.1) is 21.9 Å². The van der Waals surface area contributed by atoms with Gasteiger partial charge in [-0.25, -0.2) is 23.4 Å². The molecule has 3 heterocycles. The van der Waals surface area contributed by atoms with Crippen LogP contribution in [0, 0.1) is 11.3 Å². The van der Waals surface area contributed by atoms with Gasteiger partial charge in [0.15, 0.2) is 5.13 Å². The summed E-state index contributed by atoms with van der Waals surface area (Å²) in [5.74, 6) is -0.276. The van der Waals surface area contributed by atoms with Crippen LogP contribution in [0.5, 0.6) is 0 Å². The summed E-state index contributed by atoms with van der Waals surface area (Å²) in [7, 11) is -3.42. The van der Waals surface area contributed by atoms with E-state index in [4.69, 9.17) is 5.26 Å². The van der Waals surface area contributed by atoms with Crippen LogP contribution in [0.2, 0.25) is 0 Å². The lowest BCUT2D eigenvalue weighted by Crippen LogP contribution is -2.35. The van der Waals surface area contributed by atoms with Gasteiger partial charge in [-0.15, -0.1) is 11.3 Å². The molecule has 12 heteroatoms. The molecule has 0 bridgehead atoms. The zero-order valence-corrected chi connectivity index (χ0v) is 18.9. The summed E-state index contributed by atoms with van der Waals surface area (Å²) in [5.41, 5.74) is 1.14. The molecule has 10 nitrogen and oxygen atoms in total. The molecule has 0 radical (unpaired) electrons. The summed E-state index contributed by atoms with van der Waals surface area (Å²) in [4.78, 5) is 29.5. The fraction of sp³-hybridized carbons (Fsp3) is 0.300. The summed E-state index contributed by atoms with van der Waals surface area (Å²) in [6.45, 7) is 3.37. The third-order valence-electron chi connectivity index (χ3n) is 4.98. The van der Waals surface area contributed by atoms with Crippen molar-refractivity contribution >= 4 is 38.3 Å². The Kier molecular flexibility index (Phi) is 5.62. The normalized spacial score (nSPS) is 13.9. The first-order valence-electron chi connectivity index (χ1n) is 9.66. The maximum absolute atomic E-state index is 12.9. The number of amides is 1. The van der Waals surface area contributed by atoms with E-state index in [0.29, 0.717) is 35.2 Å². The topological polar surface area (TPSA) is 151 Å². The van der Waals surface area contributed by atoms with Gasteiger partial charge in [0, 0.05) is 41.3 Å². The van der Waals surface area contributed by atoms with Crippen molar-refractivity contribution in [3.63, 3.8) is 0 Å². The van der Waals surface area contributed by atoms with Gasteiger partial charge in [0.2, 0.25) is 21.9 Å². The minimum atomic E-state index is -3.42. The molecule has 164 valence electrons. The maximum Gasteiger partial charge on any atom is 0.238 e. The molecule has 1 saturated carbocycles. The number of hydrogen-bond acceptors (Lipinski definition) is 9. The second-order valence-electron chi connectivity index (χ2n) is 7.83. The van der Waals surface area contributed by atoms with E-state index < -0.39 is 15.4 Å². The average Bonchev–Trinajstić information content (AvgIpc) is 3.54. The van der Waals surface area contributed by atoms with E-state index in [1.807, 2.05) is 6.07 Å². The lowest BCUT2D eigenvalue weighted by molar-refractivity contribution is -0.120. The number of carbonyl (C=O) groups is 1. The van der Waals surface area contributed by atoms with Gasteiger partial charge in [-0.1, -0.05) is 0 Å². The average molecular weight is 470 g/mol. The Morgan fingerprint density at radius 3 is 2.56 bits per heavy atom. The van der Waals surface area contributed by atoms with Crippen LogP contribution in [-0.2, 0) is 20.2 Å². The third-order valence-corrected chi connectivity index (χ3v) is 7.70. The number of pyridine rings is 1. The van der Waals surface area contributed by atoms with Crippen molar-refractivity contribution in [1.82, 2.24) is 19.9 Å². The van der Waals surface area contributed by atoms with Crippen LogP contribution in [0.15, 0.2) is 36.2 Å². The summed E-state index contributed by atoms with van der Waals surface area (Å²) >= 11 is 1.13. The molecule has 1 aliphatic rings. The molecule has 0 unspecified atom stereocenters. The zero-order chi connectivity index (χ0) is 22.9. The molecule has 0 saturated heterocycles. The molecule has 32 heavy (non-hydrogen) atoms. The summed E-state index contributed by atoms with van der Waals surface area (Å²) in [6, 6.07) is 3.70. The van der Waals surface area contributed by atoms with Crippen molar-refractivity contribution in [2.24, 2.45) is 0 Å². The molecule has 4 rings (SSSR count). The summed E-state index contributed by atoms with van der Waals surface area (Å²) in [5, 5.41) is 13.2. The fourth-order valence-corrected chi connectivity index (χ4v) is 5.24. The van der Waals surface area contributed by atoms with Crippen molar-refractivity contribution in [3.05, 3.63) is 47.5 Å². The van der Waals surface area contributed by atoms with Crippen LogP contribution in [0.25, 0.3) is 11.1 Å². The number of nitrogens with zero attached hydrogens (tertiary/aromatic N) is 5. The predicted molar refractivity (Wildman–Crippen MR) is 119 cm³/mol. The standard InChI is InChI=1S/C20H19N7O3S2/c1-20(2,16-11-31-19(25-16)27-32(29,30)15-3-4-15)17(28)26-18-23-9-14(10-24-18)13-5-12(6-21)7-22-8-13/h5,7-11,15H,3-4H2,1-2H3,(H,25,27)(H,23,24,26,28). The molecule has 0 aromatic carbocycles. The Morgan fingerprint density at radius 1 is 1.19 bits per heavy atom. The van der Waals surface area contributed by atoms with Gasteiger partial charge in [-0.2, -0.15) is 5.26 Å². The van der Waals surface area contributed by atoms with Crippen LogP contribution < -0.4 is 10.0 Å². The van der Waals surface area contributed by atoms with Crippen LogP contribution in [0.3, 0.4) is 0 Å². The van der Waals surface area contributed by atoms with Crippen LogP contribution in [0.4, 0.5) is 11.1 Å². The Bertz CT molecular complexity index is 1310. The van der Waals surface area contributed by atoms with Crippen molar-refractivity contribution in [2.45, 2.75) is 37.4 Å².